The van der Waals surface area contributed by atoms with Crippen molar-refractivity contribution in [1.82, 2.24) is 9.78 Å². The molecule has 0 spiro atoms. The molecule has 4 heteroatoms. The molecule has 0 saturated heterocycles. The first-order valence-corrected chi connectivity index (χ1v) is 5.63. The van der Waals surface area contributed by atoms with E-state index >= 15 is 0 Å². The van der Waals surface area contributed by atoms with E-state index in [0.717, 1.165) is 28.2 Å². The minimum atomic E-state index is 0.0952. The van der Waals surface area contributed by atoms with Crippen LogP contribution in [0.4, 0.5) is 5.69 Å². The van der Waals surface area contributed by atoms with Gasteiger partial charge in [0.1, 0.15) is 0 Å². The Balaban J connectivity index is 2.39. The fourth-order valence-electron chi connectivity index (χ4n) is 1.77. The maximum atomic E-state index is 8.92. The Kier molecular flexibility index (Phi) is 3.15. The van der Waals surface area contributed by atoms with Crippen LogP contribution in [0.3, 0.4) is 0 Å². The molecule has 4 nitrogen and oxygen atoms in total. The Bertz CT molecular complexity index is 531. The molecule has 1 aromatic heterocycles. The van der Waals surface area contributed by atoms with Crippen molar-refractivity contribution >= 4 is 5.69 Å². The van der Waals surface area contributed by atoms with E-state index < -0.39 is 0 Å². The van der Waals surface area contributed by atoms with E-state index in [-0.39, 0.29) is 6.61 Å². The summed E-state index contributed by atoms with van der Waals surface area (Å²) in [6.45, 7) is 4.57. The molecule has 2 aromatic rings. The lowest BCUT2D eigenvalue weighted by atomic mass is 10.1. The van der Waals surface area contributed by atoms with E-state index in [1.807, 2.05) is 38.1 Å². The molecule has 90 valence electrons. The van der Waals surface area contributed by atoms with Gasteiger partial charge in [0.2, 0.25) is 0 Å². The number of nitrogens with two attached hydrogens (primary N) is 1. The summed E-state index contributed by atoms with van der Waals surface area (Å²) in [6.07, 6.45) is 0. The number of nitrogen functional groups attached to an aromatic ring is 1. The van der Waals surface area contributed by atoms with E-state index in [9.17, 15) is 0 Å². The van der Waals surface area contributed by atoms with Crippen molar-refractivity contribution in [2.24, 2.45) is 0 Å². The first kappa shape index (κ1) is 11.7. The van der Waals surface area contributed by atoms with Gasteiger partial charge in [-0.15, -0.1) is 0 Å². The molecule has 0 atom stereocenters. The van der Waals surface area contributed by atoms with Crippen LogP contribution in [-0.2, 0) is 6.54 Å². The Morgan fingerprint density at radius 1 is 1.29 bits per heavy atom. The van der Waals surface area contributed by atoms with Crippen LogP contribution in [0.5, 0.6) is 0 Å². The smallest absolute Gasteiger partial charge is 0.0926 e. The van der Waals surface area contributed by atoms with E-state index in [0.29, 0.717) is 6.54 Å². The van der Waals surface area contributed by atoms with Crippen LogP contribution in [0.25, 0.3) is 11.3 Å². The second-order valence-corrected chi connectivity index (χ2v) is 4.19. The standard InChI is InChI=1S/C13H17N3O/c1-9-3-4-11(8-12(9)14)13-7-10(2)16(15-13)5-6-17/h3-4,7-8,17H,5-6,14H2,1-2H3. The van der Waals surface area contributed by atoms with Crippen LogP contribution in [0.15, 0.2) is 24.3 Å². The Hall–Kier alpha value is -1.81. The number of benzene rings is 1. The normalized spacial score (nSPS) is 10.8. The van der Waals surface area contributed by atoms with Crippen molar-refractivity contribution in [3.05, 3.63) is 35.5 Å². The second-order valence-electron chi connectivity index (χ2n) is 4.19. The van der Waals surface area contributed by atoms with Crippen LogP contribution < -0.4 is 5.73 Å². The van der Waals surface area contributed by atoms with Crippen LogP contribution in [-0.4, -0.2) is 21.5 Å². The van der Waals surface area contributed by atoms with Crippen molar-refractivity contribution in [2.75, 3.05) is 12.3 Å². The summed E-state index contributed by atoms with van der Waals surface area (Å²) in [5, 5.41) is 13.4. The predicted molar refractivity (Wildman–Crippen MR) is 68.6 cm³/mol. The predicted octanol–water partition coefficient (Wildman–Crippen LogP) is 1.74. The van der Waals surface area contributed by atoms with Crippen LogP contribution in [0, 0.1) is 13.8 Å². The molecule has 0 aliphatic heterocycles. The SMILES string of the molecule is Cc1ccc(-c2cc(C)n(CCO)n2)cc1N. The highest BCUT2D eigenvalue weighted by Gasteiger charge is 2.07. The van der Waals surface area contributed by atoms with Gasteiger partial charge in [-0.25, -0.2) is 0 Å². The van der Waals surface area contributed by atoms with Crippen LogP contribution in [0.1, 0.15) is 11.3 Å². The van der Waals surface area contributed by atoms with Gasteiger partial charge in [-0.05, 0) is 31.5 Å². The molecular weight excluding hydrogens is 214 g/mol. The molecule has 0 fully saturated rings. The number of aliphatic hydroxyl groups excluding tert-OH is 1. The lowest BCUT2D eigenvalue weighted by molar-refractivity contribution is 0.268. The molecule has 2 rings (SSSR count). The van der Waals surface area contributed by atoms with Crippen molar-refractivity contribution in [3.63, 3.8) is 0 Å². The number of hydrogen-bond acceptors (Lipinski definition) is 3. The fraction of sp³-hybridized carbons (Fsp3) is 0.308. The van der Waals surface area contributed by atoms with Crippen LogP contribution in [0.2, 0.25) is 0 Å². The molecule has 0 amide bonds. The molecule has 0 unspecified atom stereocenters. The average molecular weight is 231 g/mol. The number of aryl methyl sites for hydroxylation is 2. The molecule has 3 N–H and O–H groups in total. The third kappa shape index (κ3) is 2.31. The molecule has 0 bridgehead atoms. The maximum absolute atomic E-state index is 8.92. The van der Waals surface area contributed by atoms with Crippen molar-refractivity contribution in [1.29, 1.82) is 0 Å². The van der Waals surface area contributed by atoms with Gasteiger partial charge in [-0.3, -0.25) is 4.68 Å². The lowest BCUT2D eigenvalue weighted by Gasteiger charge is -2.02. The number of rotatable bonds is 3. The Morgan fingerprint density at radius 2 is 2.06 bits per heavy atom. The van der Waals surface area contributed by atoms with E-state index in [1.165, 1.54) is 0 Å². The zero-order valence-electron chi connectivity index (χ0n) is 10.1. The van der Waals surface area contributed by atoms with Gasteiger partial charge in [-0.1, -0.05) is 12.1 Å². The molecular formula is C13H17N3O. The zero-order valence-corrected chi connectivity index (χ0v) is 10.1. The van der Waals surface area contributed by atoms with E-state index in [1.54, 1.807) is 4.68 Å². The lowest BCUT2D eigenvalue weighted by Crippen LogP contribution is -2.05. The molecule has 1 aromatic carbocycles. The first-order valence-electron chi connectivity index (χ1n) is 5.63. The quantitative estimate of drug-likeness (QED) is 0.791. The van der Waals surface area contributed by atoms with E-state index in [2.05, 4.69) is 5.10 Å². The Labute approximate surface area is 101 Å². The van der Waals surface area contributed by atoms with E-state index in [4.69, 9.17) is 10.8 Å². The fourth-order valence-corrected chi connectivity index (χ4v) is 1.77. The number of hydrogen-bond donors (Lipinski definition) is 2. The summed E-state index contributed by atoms with van der Waals surface area (Å²) in [6, 6.07) is 7.93. The minimum Gasteiger partial charge on any atom is -0.398 e. The molecule has 1 heterocycles. The van der Waals surface area contributed by atoms with Gasteiger partial charge in [0, 0.05) is 16.9 Å². The van der Waals surface area contributed by atoms with Crippen molar-refractivity contribution in [3.8, 4) is 11.3 Å². The highest BCUT2D eigenvalue weighted by Crippen LogP contribution is 2.23. The summed E-state index contributed by atoms with van der Waals surface area (Å²) >= 11 is 0. The molecule has 0 radical (unpaired) electrons. The molecule has 17 heavy (non-hydrogen) atoms. The van der Waals surface area contributed by atoms with Crippen LogP contribution >= 0.6 is 0 Å². The van der Waals surface area contributed by atoms with Gasteiger partial charge in [0.25, 0.3) is 0 Å². The highest BCUT2D eigenvalue weighted by atomic mass is 16.3. The van der Waals surface area contributed by atoms with Gasteiger partial charge in [0.05, 0.1) is 18.8 Å². The first-order chi connectivity index (χ1) is 8.11. The van der Waals surface area contributed by atoms with Gasteiger partial charge in [0.15, 0.2) is 0 Å². The molecule has 0 aliphatic carbocycles. The largest absolute Gasteiger partial charge is 0.398 e. The zero-order chi connectivity index (χ0) is 12.4. The summed E-state index contributed by atoms with van der Waals surface area (Å²) in [4.78, 5) is 0. The number of nitrogens with zero attached hydrogens (tertiary/aromatic N) is 2. The number of aromatic nitrogens is 2. The second kappa shape index (κ2) is 4.59. The highest BCUT2D eigenvalue weighted by molar-refractivity contribution is 5.66. The monoisotopic (exact) mass is 231 g/mol. The van der Waals surface area contributed by atoms with Crippen molar-refractivity contribution in [2.45, 2.75) is 20.4 Å². The Morgan fingerprint density at radius 3 is 2.71 bits per heavy atom. The molecule has 0 aliphatic rings. The summed E-state index contributed by atoms with van der Waals surface area (Å²) in [5.41, 5.74) is 10.7. The maximum Gasteiger partial charge on any atom is 0.0926 e. The number of aliphatic hydroxyl groups is 1. The third-order valence-corrected chi connectivity index (χ3v) is 2.87. The molecule has 0 saturated carbocycles. The number of anilines is 1. The van der Waals surface area contributed by atoms with Gasteiger partial charge < -0.3 is 10.8 Å². The topological polar surface area (TPSA) is 64.1 Å². The summed E-state index contributed by atoms with van der Waals surface area (Å²) in [7, 11) is 0. The van der Waals surface area contributed by atoms with Gasteiger partial charge >= 0.3 is 0 Å². The summed E-state index contributed by atoms with van der Waals surface area (Å²) in [5.74, 6) is 0. The summed E-state index contributed by atoms with van der Waals surface area (Å²) < 4.78 is 1.80. The average Bonchev–Trinajstić information content (AvgIpc) is 2.65. The minimum absolute atomic E-state index is 0.0952. The van der Waals surface area contributed by atoms with Gasteiger partial charge in [-0.2, -0.15) is 5.10 Å². The third-order valence-electron chi connectivity index (χ3n) is 2.87. The van der Waals surface area contributed by atoms with Crippen molar-refractivity contribution < 1.29 is 5.11 Å².